The lowest BCUT2D eigenvalue weighted by Gasteiger charge is -2.36. The van der Waals surface area contributed by atoms with Gasteiger partial charge in [-0.25, -0.2) is 9.78 Å². The highest BCUT2D eigenvalue weighted by atomic mass is 16.6. The van der Waals surface area contributed by atoms with Gasteiger partial charge < -0.3 is 14.5 Å². The molecule has 0 radical (unpaired) electrons. The van der Waals surface area contributed by atoms with Crippen molar-refractivity contribution in [2.24, 2.45) is 0 Å². The fourth-order valence-electron chi connectivity index (χ4n) is 2.29. The van der Waals surface area contributed by atoms with E-state index in [1.807, 2.05) is 25.7 Å². The molecule has 0 saturated carbocycles. The standard InChI is InChI=1S/C15H19N5O4/c1-15(2,3)24-14(21)19-8-6-18(7-9-19)13-5-4-12(20(22)23)11(10-16)17-13/h4-5H,6-9H2,1-3H3. The lowest BCUT2D eigenvalue weighted by molar-refractivity contribution is -0.385. The molecule has 1 fully saturated rings. The fraction of sp³-hybridized carbons (Fsp3) is 0.533. The first-order chi connectivity index (χ1) is 11.2. The van der Waals surface area contributed by atoms with E-state index in [0.29, 0.717) is 32.0 Å². The number of nitriles is 1. The predicted molar refractivity (Wildman–Crippen MR) is 85.6 cm³/mol. The second-order valence-corrected chi connectivity index (χ2v) is 6.36. The molecule has 0 aliphatic carbocycles. The van der Waals surface area contributed by atoms with Crippen LogP contribution in [-0.2, 0) is 4.74 Å². The molecule has 2 heterocycles. The Hall–Kier alpha value is -2.89. The molecule has 0 aromatic carbocycles. The number of carbonyl (C=O) groups excluding carboxylic acids is 1. The van der Waals surface area contributed by atoms with Crippen LogP contribution in [-0.4, -0.2) is 52.7 Å². The maximum absolute atomic E-state index is 12.0. The van der Waals surface area contributed by atoms with Crippen molar-refractivity contribution in [1.82, 2.24) is 9.88 Å². The van der Waals surface area contributed by atoms with Gasteiger partial charge in [-0.3, -0.25) is 10.1 Å². The number of anilines is 1. The molecule has 0 unspecified atom stereocenters. The zero-order valence-corrected chi connectivity index (χ0v) is 13.9. The molecule has 0 atom stereocenters. The number of piperazine rings is 1. The summed E-state index contributed by atoms with van der Waals surface area (Å²) in [6.45, 7) is 7.36. The van der Waals surface area contributed by atoms with Gasteiger partial charge in [-0.1, -0.05) is 0 Å². The summed E-state index contributed by atoms with van der Waals surface area (Å²) in [6.07, 6.45) is -0.364. The summed E-state index contributed by atoms with van der Waals surface area (Å²) in [7, 11) is 0. The van der Waals surface area contributed by atoms with Crippen LogP contribution in [0.25, 0.3) is 0 Å². The Morgan fingerprint density at radius 3 is 2.46 bits per heavy atom. The molecule has 1 aliphatic rings. The van der Waals surface area contributed by atoms with Gasteiger partial charge in [0.1, 0.15) is 17.5 Å². The van der Waals surface area contributed by atoms with E-state index < -0.39 is 10.5 Å². The normalized spacial score (nSPS) is 14.9. The van der Waals surface area contributed by atoms with E-state index in [0.717, 1.165) is 0 Å². The summed E-state index contributed by atoms with van der Waals surface area (Å²) in [5, 5.41) is 19.9. The molecule has 9 heteroatoms. The van der Waals surface area contributed by atoms with Gasteiger partial charge in [0, 0.05) is 32.2 Å². The maximum atomic E-state index is 12.0. The number of carbonyl (C=O) groups is 1. The number of amides is 1. The van der Waals surface area contributed by atoms with E-state index in [9.17, 15) is 14.9 Å². The van der Waals surface area contributed by atoms with Crippen molar-refractivity contribution >= 4 is 17.6 Å². The van der Waals surface area contributed by atoms with E-state index in [1.165, 1.54) is 12.1 Å². The molecule has 0 N–H and O–H groups in total. The highest BCUT2D eigenvalue weighted by Gasteiger charge is 2.27. The van der Waals surface area contributed by atoms with E-state index in [1.54, 1.807) is 11.0 Å². The fourth-order valence-corrected chi connectivity index (χ4v) is 2.29. The summed E-state index contributed by atoms with van der Waals surface area (Å²) in [5.41, 5.74) is -1.07. The van der Waals surface area contributed by atoms with Gasteiger partial charge >= 0.3 is 11.8 Å². The predicted octanol–water partition coefficient (Wildman–Crippen LogP) is 1.92. The van der Waals surface area contributed by atoms with Crippen LogP contribution in [0.15, 0.2) is 12.1 Å². The van der Waals surface area contributed by atoms with Gasteiger partial charge in [0.2, 0.25) is 5.69 Å². The van der Waals surface area contributed by atoms with Crippen molar-refractivity contribution in [2.75, 3.05) is 31.1 Å². The summed E-state index contributed by atoms with van der Waals surface area (Å²) >= 11 is 0. The first kappa shape index (κ1) is 17.5. The molecule has 1 aromatic heterocycles. The van der Waals surface area contributed by atoms with Gasteiger partial charge in [0.25, 0.3) is 0 Å². The Balaban J connectivity index is 2.04. The molecule has 1 aromatic rings. The zero-order valence-electron chi connectivity index (χ0n) is 13.9. The molecular formula is C15H19N5O4. The molecular weight excluding hydrogens is 314 g/mol. The highest BCUT2D eigenvalue weighted by Crippen LogP contribution is 2.22. The molecule has 2 rings (SSSR count). The Kier molecular flexibility index (Phi) is 4.87. The number of ether oxygens (including phenoxy) is 1. The van der Waals surface area contributed by atoms with Crippen molar-refractivity contribution in [3.05, 3.63) is 27.9 Å². The smallest absolute Gasteiger partial charge is 0.410 e. The van der Waals surface area contributed by atoms with Crippen LogP contribution in [0.2, 0.25) is 0 Å². The van der Waals surface area contributed by atoms with Crippen molar-refractivity contribution in [1.29, 1.82) is 5.26 Å². The van der Waals surface area contributed by atoms with E-state index >= 15 is 0 Å². The van der Waals surface area contributed by atoms with Crippen LogP contribution >= 0.6 is 0 Å². The van der Waals surface area contributed by atoms with Crippen LogP contribution in [0.3, 0.4) is 0 Å². The summed E-state index contributed by atoms with van der Waals surface area (Å²) < 4.78 is 5.33. The molecule has 0 spiro atoms. The van der Waals surface area contributed by atoms with Gasteiger partial charge in [0.05, 0.1) is 4.92 Å². The molecule has 24 heavy (non-hydrogen) atoms. The number of hydrogen-bond acceptors (Lipinski definition) is 7. The minimum Gasteiger partial charge on any atom is -0.444 e. The SMILES string of the molecule is CC(C)(C)OC(=O)N1CCN(c2ccc([N+](=O)[O-])c(C#N)n2)CC1. The number of nitrogens with zero attached hydrogens (tertiary/aromatic N) is 5. The minimum atomic E-state index is -0.629. The lowest BCUT2D eigenvalue weighted by atomic mass is 10.2. The average Bonchev–Trinajstić information content (AvgIpc) is 2.52. The maximum Gasteiger partial charge on any atom is 0.410 e. The molecule has 1 aliphatic heterocycles. The Morgan fingerprint density at radius 2 is 1.96 bits per heavy atom. The van der Waals surface area contributed by atoms with Crippen LogP contribution < -0.4 is 4.90 Å². The zero-order chi connectivity index (χ0) is 17.9. The summed E-state index contributed by atoms with van der Waals surface area (Å²) in [4.78, 5) is 29.8. The minimum absolute atomic E-state index is 0.216. The van der Waals surface area contributed by atoms with Crippen molar-refractivity contribution in [2.45, 2.75) is 26.4 Å². The highest BCUT2D eigenvalue weighted by molar-refractivity contribution is 5.68. The molecule has 1 amide bonds. The third kappa shape index (κ3) is 4.10. The van der Waals surface area contributed by atoms with Crippen LogP contribution in [0, 0.1) is 21.4 Å². The molecule has 128 valence electrons. The van der Waals surface area contributed by atoms with Crippen molar-refractivity contribution in [3.63, 3.8) is 0 Å². The first-order valence-electron chi connectivity index (χ1n) is 7.49. The first-order valence-corrected chi connectivity index (χ1v) is 7.49. The van der Waals surface area contributed by atoms with Gasteiger partial charge in [-0.15, -0.1) is 0 Å². The van der Waals surface area contributed by atoms with Crippen LogP contribution in [0.5, 0.6) is 0 Å². The van der Waals surface area contributed by atoms with E-state index in [-0.39, 0.29) is 17.5 Å². The monoisotopic (exact) mass is 333 g/mol. The molecule has 0 bridgehead atoms. The number of pyridine rings is 1. The Labute approximate surface area is 139 Å². The number of nitro groups is 1. The van der Waals surface area contributed by atoms with Crippen LogP contribution in [0.1, 0.15) is 26.5 Å². The van der Waals surface area contributed by atoms with E-state index in [2.05, 4.69) is 4.98 Å². The van der Waals surface area contributed by atoms with Crippen molar-refractivity contribution < 1.29 is 14.5 Å². The largest absolute Gasteiger partial charge is 0.444 e. The second-order valence-electron chi connectivity index (χ2n) is 6.36. The van der Waals surface area contributed by atoms with E-state index in [4.69, 9.17) is 10.00 Å². The number of rotatable bonds is 2. The Morgan fingerprint density at radius 1 is 1.33 bits per heavy atom. The number of hydrogen-bond donors (Lipinski definition) is 0. The Bertz CT molecular complexity index is 684. The third-order valence-corrected chi connectivity index (χ3v) is 3.42. The van der Waals surface area contributed by atoms with Gasteiger partial charge in [-0.2, -0.15) is 5.26 Å². The van der Waals surface area contributed by atoms with Gasteiger partial charge in [0.15, 0.2) is 0 Å². The lowest BCUT2D eigenvalue weighted by Crippen LogP contribution is -2.50. The van der Waals surface area contributed by atoms with Gasteiger partial charge in [-0.05, 0) is 26.8 Å². The molecule has 1 saturated heterocycles. The second kappa shape index (κ2) is 6.70. The van der Waals surface area contributed by atoms with Crippen LogP contribution in [0.4, 0.5) is 16.3 Å². The summed E-state index contributed by atoms with van der Waals surface area (Å²) in [6, 6.07) is 4.54. The topological polar surface area (TPSA) is 113 Å². The third-order valence-electron chi connectivity index (χ3n) is 3.42. The quantitative estimate of drug-likeness (QED) is 0.600. The van der Waals surface area contributed by atoms with Crippen molar-refractivity contribution in [3.8, 4) is 6.07 Å². The molecule has 9 nitrogen and oxygen atoms in total. The summed E-state index contributed by atoms with van der Waals surface area (Å²) in [5.74, 6) is 0.487. The average molecular weight is 333 g/mol. The number of aromatic nitrogens is 1.